The Bertz CT molecular complexity index is 823. The summed E-state index contributed by atoms with van der Waals surface area (Å²) in [6.45, 7) is 5.60. The van der Waals surface area contributed by atoms with E-state index in [0.29, 0.717) is 10.6 Å². The second kappa shape index (κ2) is 5.77. The molecule has 3 aromatic rings. The van der Waals surface area contributed by atoms with Gasteiger partial charge < -0.3 is 4.57 Å². The molecule has 0 atom stereocenters. The fourth-order valence-electron chi connectivity index (χ4n) is 2.33. The molecule has 1 aromatic carbocycles. The van der Waals surface area contributed by atoms with Crippen molar-refractivity contribution in [2.75, 3.05) is 0 Å². The van der Waals surface area contributed by atoms with Crippen LogP contribution < -0.4 is 0 Å². The minimum absolute atomic E-state index is 0.0106. The topological polar surface area (TPSA) is 17.8 Å². The van der Waals surface area contributed by atoms with Crippen LogP contribution in [-0.4, -0.2) is 9.55 Å². The molecule has 3 rings (SSSR count). The molecule has 0 unspecified atom stereocenters. The standard InChI is InChI=1S/C18H17F3N2S/c1-17(2,3)16-22-14(15(24-16)18(19,20)21)12-6-8-13(9-7-12)23-10-4-5-11-23/h4-11H,1-3H3. The first kappa shape index (κ1) is 16.8. The highest BCUT2D eigenvalue weighted by Crippen LogP contribution is 2.43. The van der Waals surface area contributed by atoms with Crippen LogP contribution >= 0.6 is 11.3 Å². The smallest absolute Gasteiger partial charge is 0.324 e. The molecule has 0 amide bonds. The molecular formula is C18H17F3N2S. The van der Waals surface area contributed by atoms with Gasteiger partial charge in [0, 0.05) is 29.1 Å². The monoisotopic (exact) mass is 350 g/mol. The first-order chi connectivity index (χ1) is 11.2. The fourth-order valence-corrected chi connectivity index (χ4v) is 3.34. The van der Waals surface area contributed by atoms with Crippen LogP contribution in [0.15, 0.2) is 48.8 Å². The molecule has 2 heterocycles. The maximum absolute atomic E-state index is 13.4. The average Bonchev–Trinajstić information content (AvgIpc) is 3.16. The molecule has 0 N–H and O–H groups in total. The normalized spacial score (nSPS) is 12.6. The number of aromatic nitrogens is 2. The van der Waals surface area contributed by atoms with E-state index in [1.807, 2.05) is 49.9 Å². The maximum Gasteiger partial charge on any atom is 0.427 e. The molecule has 0 spiro atoms. The summed E-state index contributed by atoms with van der Waals surface area (Å²) < 4.78 is 42.1. The van der Waals surface area contributed by atoms with Crippen LogP contribution in [0.4, 0.5) is 13.2 Å². The predicted octanol–water partition coefficient (Wildman–Crippen LogP) is 5.92. The summed E-state index contributed by atoms with van der Waals surface area (Å²) in [6.07, 6.45) is -0.636. The zero-order valence-electron chi connectivity index (χ0n) is 13.6. The Morgan fingerprint density at radius 1 is 0.958 bits per heavy atom. The van der Waals surface area contributed by atoms with Gasteiger partial charge in [-0.1, -0.05) is 32.9 Å². The van der Waals surface area contributed by atoms with Gasteiger partial charge in [-0.25, -0.2) is 4.98 Å². The molecule has 126 valence electrons. The van der Waals surface area contributed by atoms with Crippen molar-refractivity contribution in [1.82, 2.24) is 9.55 Å². The summed E-state index contributed by atoms with van der Waals surface area (Å²) in [5, 5.41) is 0.485. The highest BCUT2D eigenvalue weighted by Gasteiger charge is 2.38. The van der Waals surface area contributed by atoms with E-state index in [2.05, 4.69) is 4.98 Å². The van der Waals surface area contributed by atoms with Crippen molar-refractivity contribution in [2.45, 2.75) is 32.4 Å². The first-order valence-corrected chi connectivity index (χ1v) is 8.30. The highest BCUT2D eigenvalue weighted by molar-refractivity contribution is 7.12. The van der Waals surface area contributed by atoms with Gasteiger partial charge in [0.05, 0.1) is 10.7 Å². The van der Waals surface area contributed by atoms with Crippen molar-refractivity contribution in [3.8, 4) is 16.9 Å². The number of nitrogens with zero attached hydrogens (tertiary/aromatic N) is 2. The number of rotatable bonds is 2. The van der Waals surface area contributed by atoms with Gasteiger partial charge in [0.1, 0.15) is 4.88 Å². The molecule has 24 heavy (non-hydrogen) atoms. The van der Waals surface area contributed by atoms with Crippen molar-refractivity contribution in [3.63, 3.8) is 0 Å². The van der Waals surface area contributed by atoms with E-state index >= 15 is 0 Å². The molecule has 0 aliphatic rings. The summed E-state index contributed by atoms with van der Waals surface area (Å²) >= 11 is 0.729. The Hall–Kier alpha value is -2.08. The average molecular weight is 350 g/mol. The second-order valence-corrected chi connectivity index (χ2v) is 7.58. The van der Waals surface area contributed by atoms with Crippen LogP contribution in [0.25, 0.3) is 16.9 Å². The quantitative estimate of drug-likeness (QED) is 0.561. The molecule has 0 radical (unpaired) electrons. The van der Waals surface area contributed by atoms with Gasteiger partial charge in [0.15, 0.2) is 0 Å². The zero-order valence-corrected chi connectivity index (χ0v) is 14.4. The molecule has 0 saturated carbocycles. The number of hydrogen-bond acceptors (Lipinski definition) is 2. The van der Waals surface area contributed by atoms with Crippen LogP contribution in [0, 0.1) is 0 Å². The third-order valence-electron chi connectivity index (χ3n) is 3.57. The lowest BCUT2D eigenvalue weighted by Gasteiger charge is -2.13. The van der Waals surface area contributed by atoms with Crippen LogP contribution in [-0.2, 0) is 11.6 Å². The maximum atomic E-state index is 13.4. The highest BCUT2D eigenvalue weighted by atomic mass is 32.1. The van der Waals surface area contributed by atoms with Crippen molar-refractivity contribution < 1.29 is 13.2 Å². The lowest BCUT2D eigenvalue weighted by molar-refractivity contribution is -0.134. The summed E-state index contributed by atoms with van der Waals surface area (Å²) in [4.78, 5) is 3.66. The minimum Gasteiger partial charge on any atom is -0.324 e. The van der Waals surface area contributed by atoms with E-state index in [1.54, 1.807) is 24.3 Å². The van der Waals surface area contributed by atoms with Crippen molar-refractivity contribution >= 4 is 11.3 Å². The predicted molar refractivity (Wildman–Crippen MR) is 90.6 cm³/mol. The van der Waals surface area contributed by atoms with Gasteiger partial charge in [-0.05, 0) is 24.3 Å². The number of benzene rings is 1. The zero-order chi connectivity index (χ0) is 17.5. The van der Waals surface area contributed by atoms with Crippen molar-refractivity contribution in [2.24, 2.45) is 0 Å². The number of hydrogen-bond donors (Lipinski definition) is 0. The Labute approximate surface area is 142 Å². The minimum atomic E-state index is -4.41. The SMILES string of the molecule is CC(C)(C)c1nc(-c2ccc(-n3cccc3)cc2)c(C(F)(F)F)s1. The Kier molecular flexibility index (Phi) is 4.03. The fraction of sp³-hybridized carbons (Fsp3) is 0.278. The third kappa shape index (κ3) is 3.24. The van der Waals surface area contributed by atoms with E-state index in [4.69, 9.17) is 0 Å². The Morgan fingerprint density at radius 3 is 2.04 bits per heavy atom. The molecule has 0 aliphatic heterocycles. The number of halogens is 3. The van der Waals surface area contributed by atoms with Crippen LogP contribution in [0.5, 0.6) is 0 Å². The van der Waals surface area contributed by atoms with Crippen LogP contribution in [0.1, 0.15) is 30.7 Å². The molecule has 2 nitrogen and oxygen atoms in total. The summed E-state index contributed by atoms with van der Waals surface area (Å²) in [6, 6.07) is 10.8. The number of thiazole rings is 1. The van der Waals surface area contributed by atoms with E-state index in [9.17, 15) is 13.2 Å². The molecule has 6 heteroatoms. The van der Waals surface area contributed by atoms with Crippen LogP contribution in [0.2, 0.25) is 0 Å². The molecule has 0 fully saturated rings. The lowest BCUT2D eigenvalue weighted by atomic mass is 9.98. The second-order valence-electron chi connectivity index (χ2n) is 6.58. The van der Waals surface area contributed by atoms with Gasteiger partial charge in [-0.15, -0.1) is 11.3 Å². The molecule has 0 aliphatic carbocycles. The summed E-state index contributed by atoms with van der Waals surface area (Å²) in [5.41, 5.74) is 0.957. The third-order valence-corrected chi connectivity index (χ3v) is 5.10. The van der Waals surface area contributed by atoms with E-state index in [0.717, 1.165) is 17.0 Å². The summed E-state index contributed by atoms with van der Waals surface area (Å²) in [5.74, 6) is 0. The summed E-state index contributed by atoms with van der Waals surface area (Å²) in [7, 11) is 0. The van der Waals surface area contributed by atoms with Gasteiger partial charge in [-0.3, -0.25) is 0 Å². The van der Waals surface area contributed by atoms with Gasteiger partial charge in [-0.2, -0.15) is 13.2 Å². The van der Waals surface area contributed by atoms with Gasteiger partial charge >= 0.3 is 6.18 Å². The van der Waals surface area contributed by atoms with E-state index in [-0.39, 0.29) is 5.69 Å². The van der Waals surface area contributed by atoms with Crippen LogP contribution in [0.3, 0.4) is 0 Å². The van der Waals surface area contributed by atoms with Crippen molar-refractivity contribution in [3.05, 3.63) is 58.7 Å². The van der Waals surface area contributed by atoms with Crippen molar-refractivity contribution in [1.29, 1.82) is 0 Å². The Morgan fingerprint density at radius 2 is 1.54 bits per heavy atom. The van der Waals surface area contributed by atoms with E-state index < -0.39 is 16.5 Å². The Balaban J connectivity index is 2.06. The molecule has 0 bridgehead atoms. The number of alkyl halides is 3. The van der Waals surface area contributed by atoms with E-state index in [1.165, 1.54) is 0 Å². The first-order valence-electron chi connectivity index (χ1n) is 7.48. The van der Waals surface area contributed by atoms with Gasteiger partial charge in [0.25, 0.3) is 0 Å². The lowest BCUT2D eigenvalue weighted by Crippen LogP contribution is -2.10. The molecule has 0 saturated heterocycles. The largest absolute Gasteiger partial charge is 0.427 e. The molecular weight excluding hydrogens is 333 g/mol. The molecule has 2 aromatic heterocycles. The van der Waals surface area contributed by atoms with Gasteiger partial charge in [0.2, 0.25) is 0 Å².